The number of aromatic nitrogens is 1. The first-order chi connectivity index (χ1) is 14.4. The van der Waals surface area contributed by atoms with E-state index in [-0.39, 0.29) is 18.1 Å². The number of nitrogens with zero attached hydrogens (tertiary/aromatic N) is 2. The van der Waals surface area contributed by atoms with E-state index in [1.807, 2.05) is 24.3 Å². The van der Waals surface area contributed by atoms with Gasteiger partial charge in [-0.1, -0.05) is 24.3 Å². The fourth-order valence-electron chi connectivity index (χ4n) is 3.45. The Hall–Kier alpha value is -2.62. The SMILES string of the molecule is CCS(=O)(=O)N1Cc2ccccc2C[C@H]1C(=O)Nc1nc(-c2ccc(F)cc2)cs1. The lowest BCUT2D eigenvalue weighted by molar-refractivity contribution is -0.120. The molecule has 1 aliphatic heterocycles. The van der Waals surface area contributed by atoms with E-state index in [9.17, 15) is 17.6 Å². The number of halogens is 1. The molecule has 1 aromatic heterocycles. The van der Waals surface area contributed by atoms with Crippen molar-refractivity contribution < 1.29 is 17.6 Å². The van der Waals surface area contributed by atoms with Crippen LogP contribution in [0.25, 0.3) is 11.3 Å². The maximum Gasteiger partial charge on any atom is 0.244 e. The Labute approximate surface area is 178 Å². The van der Waals surface area contributed by atoms with Crippen molar-refractivity contribution in [3.8, 4) is 11.3 Å². The van der Waals surface area contributed by atoms with Crippen LogP contribution in [0, 0.1) is 5.82 Å². The number of rotatable bonds is 5. The molecule has 156 valence electrons. The Kier molecular flexibility index (Phi) is 5.68. The van der Waals surface area contributed by atoms with Crippen LogP contribution in [0.3, 0.4) is 0 Å². The molecular weight excluding hydrogens is 425 g/mol. The molecule has 30 heavy (non-hydrogen) atoms. The zero-order valence-corrected chi connectivity index (χ0v) is 17.8. The maximum absolute atomic E-state index is 13.1. The van der Waals surface area contributed by atoms with Gasteiger partial charge < -0.3 is 5.32 Å². The number of carbonyl (C=O) groups is 1. The molecule has 2 aromatic carbocycles. The average molecular weight is 446 g/mol. The van der Waals surface area contributed by atoms with Gasteiger partial charge >= 0.3 is 0 Å². The Balaban J connectivity index is 1.57. The quantitative estimate of drug-likeness (QED) is 0.650. The van der Waals surface area contributed by atoms with Crippen molar-refractivity contribution in [3.05, 3.63) is 70.9 Å². The van der Waals surface area contributed by atoms with E-state index in [4.69, 9.17) is 0 Å². The summed E-state index contributed by atoms with van der Waals surface area (Å²) in [4.78, 5) is 17.4. The molecular formula is C21H20FN3O3S2. The van der Waals surface area contributed by atoms with Gasteiger partial charge in [-0.3, -0.25) is 4.79 Å². The third-order valence-corrected chi connectivity index (χ3v) is 7.69. The van der Waals surface area contributed by atoms with Gasteiger partial charge in [0.15, 0.2) is 5.13 Å². The Morgan fingerprint density at radius 2 is 1.90 bits per heavy atom. The van der Waals surface area contributed by atoms with E-state index in [1.165, 1.54) is 27.8 Å². The number of carbonyl (C=O) groups excluding carboxylic acids is 1. The standard InChI is InChI=1S/C21H20FN3O3S2/c1-2-30(27,28)25-12-16-6-4-3-5-15(16)11-19(25)20(26)24-21-23-18(13-29-21)14-7-9-17(22)10-8-14/h3-10,13,19H,2,11-12H2,1H3,(H,23,24,26)/t19-/m0/s1. The van der Waals surface area contributed by atoms with Crippen LogP contribution in [0.15, 0.2) is 53.9 Å². The lowest BCUT2D eigenvalue weighted by atomic mass is 9.95. The number of nitrogens with one attached hydrogen (secondary N) is 1. The molecule has 4 rings (SSSR count). The van der Waals surface area contributed by atoms with Gasteiger partial charge in [0.05, 0.1) is 11.4 Å². The van der Waals surface area contributed by atoms with Gasteiger partial charge in [-0.05, 0) is 48.7 Å². The predicted molar refractivity (Wildman–Crippen MR) is 115 cm³/mol. The molecule has 1 N–H and O–H groups in total. The molecule has 0 bridgehead atoms. The lowest BCUT2D eigenvalue weighted by Gasteiger charge is -2.34. The number of fused-ring (bicyclic) bond motifs is 1. The van der Waals surface area contributed by atoms with Crippen LogP contribution >= 0.6 is 11.3 Å². The largest absolute Gasteiger partial charge is 0.301 e. The fourth-order valence-corrected chi connectivity index (χ4v) is 5.40. The van der Waals surface area contributed by atoms with Crippen LogP contribution in [0.2, 0.25) is 0 Å². The third-order valence-electron chi connectivity index (χ3n) is 5.10. The van der Waals surface area contributed by atoms with E-state index >= 15 is 0 Å². The molecule has 0 unspecified atom stereocenters. The molecule has 1 atom stereocenters. The highest BCUT2D eigenvalue weighted by Crippen LogP contribution is 2.29. The van der Waals surface area contributed by atoms with Crippen LogP contribution in [0.1, 0.15) is 18.1 Å². The van der Waals surface area contributed by atoms with Gasteiger partial charge in [-0.15, -0.1) is 11.3 Å². The van der Waals surface area contributed by atoms with E-state index in [2.05, 4.69) is 10.3 Å². The average Bonchev–Trinajstić information content (AvgIpc) is 3.21. The predicted octanol–water partition coefficient (Wildman–Crippen LogP) is 3.66. The summed E-state index contributed by atoms with van der Waals surface area (Å²) < 4.78 is 39.7. The number of hydrogen-bond donors (Lipinski definition) is 1. The van der Waals surface area contributed by atoms with Crippen molar-refractivity contribution in [1.82, 2.24) is 9.29 Å². The second-order valence-corrected chi connectivity index (χ2v) is 10.0. The minimum Gasteiger partial charge on any atom is -0.301 e. The van der Waals surface area contributed by atoms with Crippen LogP contribution in [0.5, 0.6) is 0 Å². The molecule has 0 fully saturated rings. The Morgan fingerprint density at radius 3 is 2.60 bits per heavy atom. The van der Waals surface area contributed by atoms with Crippen molar-refractivity contribution in [1.29, 1.82) is 0 Å². The van der Waals surface area contributed by atoms with Gasteiger partial charge in [-0.2, -0.15) is 4.31 Å². The van der Waals surface area contributed by atoms with Gasteiger partial charge in [0, 0.05) is 17.5 Å². The smallest absolute Gasteiger partial charge is 0.244 e. The van der Waals surface area contributed by atoms with Crippen LogP contribution in [-0.2, 0) is 27.8 Å². The van der Waals surface area contributed by atoms with Gasteiger partial charge in [-0.25, -0.2) is 17.8 Å². The highest BCUT2D eigenvalue weighted by Gasteiger charge is 2.38. The highest BCUT2D eigenvalue weighted by atomic mass is 32.2. The Morgan fingerprint density at radius 1 is 1.20 bits per heavy atom. The topological polar surface area (TPSA) is 79.4 Å². The minimum absolute atomic E-state index is 0.0785. The van der Waals surface area contributed by atoms with Gasteiger partial charge in [0.25, 0.3) is 0 Å². The first-order valence-electron chi connectivity index (χ1n) is 9.46. The van der Waals surface area contributed by atoms with Gasteiger partial charge in [0.1, 0.15) is 11.9 Å². The van der Waals surface area contributed by atoms with Crippen molar-refractivity contribution in [2.75, 3.05) is 11.1 Å². The Bertz CT molecular complexity index is 1180. The monoisotopic (exact) mass is 445 g/mol. The number of thiazole rings is 1. The van der Waals surface area contributed by atoms with Crippen molar-refractivity contribution in [2.45, 2.75) is 25.9 Å². The first kappa shape index (κ1) is 20.6. The van der Waals surface area contributed by atoms with E-state index in [0.29, 0.717) is 17.2 Å². The van der Waals surface area contributed by atoms with E-state index in [0.717, 1.165) is 16.7 Å². The van der Waals surface area contributed by atoms with Crippen LogP contribution in [0.4, 0.5) is 9.52 Å². The van der Waals surface area contributed by atoms with Crippen LogP contribution in [-0.4, -0.2) is 35.4 Å². The number of benzene rings is 2. The molecule has 0 aliphatic carbocycles. The molecule has 0 spiro atoms. The number of hydrogen-bond acceptors (Lipinski definition) is 5. The third kappa shape index (κ3) is 4.14. The summed E-state index contributed by atoms with van der Waals surface area (Å²) in [5, 5.41) is 4.89. The summed E-state index contributed by atoms with van der Waals surface area (Å²) in [5.41, 5.74) is 3.22. The summed E-state index contributed by atoms with van der Waals surface area (Å²) in [7, 11) is -3.57. The molecule has 0 radical (unpaired) electrons. The van der Waals surface area contributed by atoms with Crippen molar-refractivity contribution >= 4 is 32.4 Å². The number of sulfonamides is 1. The lowest BCUT2D eigenvalue weighted by Crippen LogP contribution is -2.51. The second kappa shape index (κ2) is 8.25. The summed E-state index contributed by atoms with van der Waals surface area (Å²) in [6.07, 6.45) is 0.303. The second-order valence-electron chi connectivity index (χ2n) is 6.97. The summed E-state index contributed by atoms with van der Waals surface area (Å²) in [5.74, 6) is -0.830. The van der Waals surface area contributed by atoms with Crippen molar-refractivity contribution in [3.63, 3.8) is 0 Å². The summed E-state index contributed by atoms with van der Waals surface area (Å²) in [6, 6.07) is 12.6. The molecule has 9 heteroatoms. The number of amides is 1. The van der Waals surface area contributed by atoms with E-state index in [1.54, 1.807) is 24.4 Å². The molecule has 2 heterocycles. The van der Waals surface area contributed by atoms with Gasteiger partial charge in [0.2, 0.25) is 15.9 Å². The van der Waals surface area contributed by atoms with E-state index < -0.39 is 22.0 Å². The molecule has 6 nitrogen and oxygen atoms in total. The zero-order chi connectivity index (χ0) is 21.3. The summed E-state index contributed by atoms with van der Waals surface area (Å²) >= 11 is 1.24. The van der Waals surface area contributed by atoms with Crippen molar-refractivity contribution in [2.24, 2.45) is 0 Å². The highest BCUT2D eigenvalue weighted by molar-refractivity contribution is 7.89. The first-order valence-corrected chi connectivity index (χ1v) is 11.9. The molecule has 0 saturated carbocycles. The molecule has 3 aromatic rings. The zero-order valence-electron chi connectivity index (χ0n) is 16.2. The summed E-state index contributed by atoms with van der Waals surface area (Å²) in [6.45, 7) is 1.74. The molecule has 1 amide bonds. The fraction of sp³-hybridized carbons (Fsp3) is 0.238. The molecule has 0 saturated heterocycles. The van der Waals surface area contributed by atoms with Crippen LogP contribution < -0.4 is 5.32 Å². The minimum atomic E-state index is -3.57. The maximum atomic E-state index is 13.1. The molecule has 1 aliphatic rings. The number of anilines is 1. The normalized spacial score (nSPS) is 16.8.